The normalized spacial score (nSPS) is 19.2. The van der Waals surface area contributed by atoms with Crippen molar-refractivity contribution in [2.24, 2.45) is 0 Å². The molecule has 1 saturated heterocycles. The predicted octanol–water partition coefficient (Wildman–Crippen LogP) is 3.16. The third kappa shape index (κ3) is 3.61. The highest BCUT2D eigenvalue weighted by Crippen LogP contribution is 2.21. The number of piperidine rings is 1. The summed E-state index contributed by atoms with van der Waals surface area (Å²) < 4.78 is 0.953. The largest absolute Gasteiger partial charge is 0.335 e. The van der Waals surface area contributed by atoms with E-state index in [-0.39, 0.29) is 5.91 Å². The van der Waals surface area contributed by atoms with Gasteiger partial charge in [0.25, 0.3) is 5.91 Å². The molecule has 2 rings (SSSR count). The summed E-state index contributed by atoms with van der Waals surface area (Å²) in [6.07, 6.45) is 2.20. The van der Waals surface area contributed by atoms with Crippen LogP contribution in [0.15, 0.2) is 18.2 Å². The van der Waals surface area contributed by atoms with Crippen molar-refractivity contribution in [1.29, 1.82) is 0 Å². The van der Waals surface area contributed by atoms with Gasteiger partial charge in [-0.2, -0.15) is 0 Å². The Hall–Kier alpha value is -0.330. The van der Waals surface area contributed by atoms with Crippen LogP contribution in [0.3, 0.4) is 0 Å². The minimum Gasteiger partial charge on any atom is -0.335 e. The van der Waals surface area contributed by atoms with Crippen LogP contribution in [0.25, 0.3) is 0 Å². The average molecular weight is 393 g/mol. The number of likely N-dealkylation sites (N-methyl/N-ethyl adjacent to an activating group) is 1. The molecule has 104 valence electrons. The molecule has 0 aromatic heterocycles. The van der Waals surface area contributed by atoms with Gasteiger partial charge in [-0.25, -0.2) is 0 Å². The summed E-state index contributed by atoms with van der Waals surface area (Å²) in [6, 6.07) is 5.77. The molecule has 1 fully saturated rings. The number of halogens is 2. The zero-order chi connectivity index (χ0) is 13.8. The van der Waals surface area contributed by atoms with Crippen LogP contribution in [0.1, 0.15) is 30.1 Å². The van der Waals surface area contributed by atoms with Gasteiger partial charge in [0.15, 0.2) is 0 Å². The zero-order valence-electron chi connectivity index (χ0n) is 11.0. The molecular formula is C14H18ClIN2O. The second-order valence-electron chi connectivity index (χ2n) is 4.72. The Labute approximate surface area is 132 Å². The second-order valence-corrected chi connectivity index (χ2v) is 6.31. The number of carbonyl (C=O) groups excluding carboxylic acids is 1. The molecule has 0 radical (unpaired) electrons. The molecule has 1 atom stereocenters. The van der Waals surface area contributed by atoms with Crippen molar-refractivity contribution >= 4 is 40.1 Å². The summed E-state index contributed by atoms with van der Waals surface area (Å²) >= 11 is 8.20. The fourth-order valence-electron chi connectivity index (χ4n) is 2.48. The number of hydrogen-bond donors (Lipinski definition) is 1. The quantitative estimate of drug-likeness (QED) is 0.802. The highest BCUT2D eigenvalue weighted by Gasteiger charge is 2.26. The van der Waals surface area contributed by atoms with Gasteiger partial charge >= 0.3 is 0 Å². The lowest BCUT2D eigenvalue weighted by atomic mass is 10.0. The van der Waals surface area contributed by atoms with Crippen LogP contribution >= 0.6 is 34.2 Å². The van der Waals surface area contributed by atoms with Crippen molar-refractivity contribution in [1.82, 2.24) is 10.2 Å². The van der Waals surface area contributed by atoms with E-state index in [4.69, 9.17) is 11.6 Å². The number of amides is 1. The lowest BCUT2D eigenvalue weighted by Crippen LogP contribution is -2.48. The number of nitrogens with one attached hydrogen (secondary N) is 1. The van der Waals surface area contributed by atoms with Crippen molar-refractivity contribution in [3.05, 3.63) is 32.4 Å². The predicted molar refractivity (Wildman–Crippen MR) is 86.8 cm³/mol. The minimum atomic E-state index is 0.0862. The maximum absolute atomic E-state index is 12.7. The molecule has 0 spiro atoms. The van der Waals surface area contributed by atoms with E-state index in [0.29, 0.717) is 16.6 Å². The van der Waals surface area contributed by atoms with Gasteiger partial charge in [-0.1, -0.05) is 11.6 Å². The molecule has 0 bridgehead atoms. The van der Waals surface area contributed by atoms with E-state index in [1.807, 2.05) is 24.0 Å². The fourth-order valence-corrected chi connectivity index (χ4v) is 3.22. The van der Waals surface area contributed by atoms with Crippen molar-refractivity contribution in [2.75, 3.05) is 19.6 Å². The first-order chi connectivity index (χ1) is 9.13. The summed E-state index contributed by atoms with van der Waals surface area (Å²) in [5.74, 6) is 0.0862. The zero-order valence-corrected chi connectivity index (χ0v) is 13.9. The van der Waals surface area contributed by atoms with Gasteiger partial charge in [-0.05, 0) is 67.1 Å². The summed E-state index contributed by atoms with van der Waals surface area (Å²) in [6.45, 7) is 4.70. The fraction of sp³-hybridized carbons (Fsp3) is 0.500. The topological polar surface area (TPSA) is 32.3 Å². The van der Waals surface area contributed by atoms with Gasteiger partial charge < -0.3 is 10.2 Å². The summed E-state index contributed by atoms with van der Waals surface area (Å²) in [4.78, 5) is 14.6. The van der Waals surface area contributed by atoms with Crippen LogP contribution in [0, 0.1) is 3.57 Å². The van der Waals surface area contributed by atoms with E-state index < -0.39 is 0 Å². The van der Waals surface area contributed by atoms with Crippen molar-refractivity contribution in [3.63, 3.8) is 0 Å². The summed E-state index contributed by atoms with van der Waals surface area (Å²) in [5.41, 5.74) is 0.709. The van der Waals surface area contributed by atoms with Gasteiger partial charge in [0.1, 0.15) is 0 Å². The lowest BCUT2D eigenvalue weighted by molar-refractivity contribution is 0.0661. The Balaban J connectivity index is 2.22. The maximum Gasteiger partial charge on any atom is 0.255 e. The third-order valence-corrected chi connectivity index (χ3v) is 4.65. The molecule has 1 heterocycles. The first-order valence-corrected chi connectivity index (χ1v) is 8.06. The molecule has 1 amide bonds. The van der Waals surface area contributed by atoms with Gasteiger partial charge in [0.05, 0.1) is 5.56 Å². The van der Waals surface area contributed by atoms with E-state index in [9.17, 15) is 4.79 Å². The van der Waals surface area contributed by atoms with Crippen LogP contribution in [0.4, 0.5) is 0 Å². The van der Waals surface area contributed by atoms with E-state index in [1.165, 1.54) is 0 Å². The molecule has 1 unspecified atom stereocenters. The van der Waals surface area contributed by atoms with Gasteiger partial charge in [0, 0.05) is 27.7 Å². The molecule has 5 heteroatoms. The van der Waals surface area contributed by atoms with Crippen LogP contribution in [-0.2, 0) is 0 Å². The van der Waals surface area contributed by atoms with Gasteiger partial charge in [-0.3, -0.25) is 4.79 Å². The SMILES string of the molecule is CCN(C(=O)c1cc(Cl)ccc1I)C1CCCNC1. The lowest BCUT2D eigenvalue weighted by Gasteiger charge is -2.34. The molecule has 1 aliphatic heterocycles. The molecule has 1 aliphatic rings. The van der Waals surface area contributed by atoms with Crippen molar-refractivity contribution in [2.45, 2.75) is 25.8 Å². The number of rotatable bonds is 3. The average Bonchev–Trinajstić information content (AvgIpc) is 2.43. The van der Waals surface area contributed by atoms with E-state index >= 15 is 0 Å². The van der Waals surface area contributed by atoms with Gasteiger partial charge in [0.2, 0.25) is 0 Å². The van der Waals surface area contributed by atoms with Crippen LogP contribution < -0.4 is 5.32 Å². The first kappa shape index (κ1) is 15.1. The monoisotopic (exact) mass is 392 g/mol. The van der Waals surface area contributed by atoms with Crippen LogP contribution in [0.2, 0.25) is 5.02 Å². The molecule has 1 aromatic rings. The van der Waals surface area contributed by atoms with Crippen LogP contribution in [-0.4, -0.2) is 36.5 Å². The Morgan fingerprint density at radius 1 is 1.58 bits per heavy atom. The van der Waals surface area contributed by atoms with E-state index in [0.717, 1.165) is 36.0 Å². The Morgan fingerprint density at radius 2 is 2.37 bits per heavy atom. The standard InChI is InChI=1S/C14H18ClIN2O/c1-2-18(11-4-3-7-17-9-11)14(19)12-8-10(15)5-6-13(12)16/h5-6,8,11,17H,2-4,7,9H2,1H3. The molecule has 1 aromatic carbocycles. The third-order valence-electron chi connectivity index (χ3n) is 3.47. The Morgan fingerprint density at radius 3 is 3.00 bits per heavy atom. The number of hydrogen-bond acceptors (Lipinski definition) is 2. The number of nitrogens with zero attached hydrogens (tertiary/aromatic N) is 1. The highest BCUT2D eigenvalue weighted by atomic mass is 127. The second kappa shape index (κ2) is 6.90. The molecule has 1 N–H and O–H groups in total. The molecule has 3 nitrogen and oxygen atoms in total. The smallest absolute Gasteiger partial charge is 0.255 e. The maximum atomic E-state index is 12.7. The Bertz CT molecular complexity index is 461. The van der Waals surface area contributed by atoms with E-state index in [2.05, 4.69) is 27.9 Å². The summed E-state index contributed by atoms with van der Waals surface area (Å²) in [7, 11) is 0. The summed E-state index contributed by atoms with van der Waals surface area (Å²) in [5, 5.41) is 3.97. The Kier molecular flexibility index (Phi) is 5.47. The minimum absolute atomic E-state index is 0.0862. The molecular weight excluding hydrogens is 375 g/mol. The molecule has 0 aliphatic carbocycles. The highest BCUT2D eigenvalue weighted by molar-refractivity contribution is 14.1. The molecule has 19 heavy (non-hydrogen) atoms. The van der Waals surface area contributed by atoms with Crippen molar-refractivity contribution in [3.8, 4) is 0 Å². The van der Waals surface area contributed by atoms with E-state index in [1.54, 1.807) is 6.07 Å². The number of carbonyl (C=O) groups is 1. The molecule has 0 saturated carbocycles. The number of benzene rings is 1. The van der Waals surface area contributed by atoms with Crippen LogP contribution in [0.5, 0.6) is 0 Å². The van der Waals surface area contributed by atoms with Gasteiger partial charge in [-0.15, -0.1) is 0 Å². The van der Waals surface area contributed by atoms with Crippen molar-refractivity contribution < 1.29 is 4.79 Å². The first-order valence-electron chi connectivity index (χ1n) is 6.60.